The minimum Gasteiger partial charge on any atom is -0.363 e. The molecule has 26 heavy (non-hydrogen) atoms. The zero-order valence-corrected chi connectivity index (χ0v) is 17.5. The quantitative estimate of drug-likeness (QED) is 0.726. The number of aryl methyl sites for hydroxylation is 1. The van der Waals surface area contributed by atoms with Gasteiger partial charge in [0.15, 0.2) is 0 Å². The second kappa shape index (κ2) is 7.50. The van der Waals surface area contributed by atoms with Crippen LogP contribution in [0.2, 0.25) is 0 Å². The van der Waals surface area contributed by atoms with E-state index in [0.29, 0.717) is 36.9 Å². The lowest BCUT2D eigenvalue weighted by atomic mass is 10.3. The average Bonchev–Trinajstić information content (AvgIpc) is 2.61. The molecule has 1 aromatic carbocycles. The van der Waals surface area contributed by atoms with Gasteiger partial charge >= 0.3 is 0 Å². The van der Waals surface area contributed by atoms with Crippen LogP contribution in [-0.2, 0) is 10.0 Å². The fourth-order valence-electron chi connectivity index (χ4n) is 2.84. The first-order valence-electron chi connectivity index (χ1n) is 8.31. The molecule has 3 rings (SSSR count). The Bertz CT molecular complexity index is 879. The molecule has 0 aliphatic carbocycles. The highest BCUT2D eigenvalue weighted by Crippen LogP contribution is 2.23. The van der Waals surface area contributed by atoms with Gasteiger partial charge in [0.2, 0.25) is 10.0 Å². The molecule has 1 saturated heterocycles. The predicted molar refractivity (Wildman–Crippen MR) is 106 cm³/mol. The van der Waals surface area contributed by atoms with Gasteiger partial charge in [0.25, 0.3) is 0 Å². The average molecular weight is 440 g/mol. The van der Waals surface area contributed by atoms with Gasteiger partial charge in [0.1, 0.15) is 17.5 Å². The number of hydrogen-bond acceptors (Lipinski definition) is 6. The molecule has 140 valence electrons. The van der Waals surface area contributed by atoms with Crippen LogP contribution in [0, 0.1) is 6.92 Å². The summed E-state index contributed by atoms with van der Waals surface area (Å²) in [4.78, 5) is 13.3. The summed E-state index contributed by atoms with van der Waals surface area (Å²) in [5.41, 5.74) is 0. The number of anilines is 2. The first-order valence-corrected chi connectivity index (χ1v) is 10.5. The van der Waals surface area contributed by atoms with Crippen molar-refractivity contribution in [1.29, 1.82) is 0 Å². The molecule has 0 N–H and O–H groups in total. The molecule has 1 aliphatic heterocycles. The number of hydrogen-bond donors (Lipinski definition) is 0. The lowest BCUT2D eigenvalue weighted by Gasteiger charge is -2.35. The van der Waals surface area contributed by atoms with Crippen LogP contribution in [0.1, 0.15) is 5.82 Å². The van der Waals surface area contributed by atoms with Crippen LogP contribution in [0.3, 0.4) is 0 Å². The number of piperazine rings is 1. The largest absolute Gasteiger partial charge is 0.363 e. The summed E-state index contributed by atoms with van der Waals surface area (Å²) in [5.74, 6) is 2.38. The minimum atomic E-state index is -3.47. The van der Waals surface area contributed by atoms with Crippen LogP contribution >= 0.6 is 15.9 Å². The van der Waals surface area contributed by atoms with Crippen LogP contribution in [0.5, 0.6) is 0 Å². The molecule has 0 bridgehead atoms. The molecule has 0 spiro atoms. The maximum atomic E-state index is 12.8. The smallest absolute Gasteiger partial charge is 0.243 e. The zero-order valence-electron chi connectivity index (χ0n) is 15.1. The Morgan fingerprint density at radius 3 is 2.23 bits per heavy atom. The van der Waals surface area contributed by atoms with Crippen molar-refractivity contribution in [3.63, 3.8) is 0 Å². The normalized spacial score (nSPS) is 15.9. The first kappa shape index (κ1) is 19.1. The van der Waals surface area contributed by atoms with Crippen molar-refractivity contribution in [2.24, 2.45) is 0 Å². The maximum absolute atomic E-state index is 12.8. The van der Waals surface area contributed by atoms with E-state index in [9.17, 15) is 8.42 Å². The molecular formula is C17H22BrN5O2S. The Morgan fingerprint density at radius 1 is 1.04 bits per heavy atom. The Labute approximate surface area is 162 Å². The number of rotatable bonds is 4. The molecule has 2 heterocycles. The number of aromatic nitrogens is 2. The lowest BCUT2D eigenvalue weighted by molar-refractivity contribution is 0.383. The third-order valence-electron chi connectivity index (χ3n) is 4.28. The van der Waals surface area contributed by atoms with Crippen LogP contribution in [0.25, 0.3) is 0 Å². The van der Waals surface area contributed by atoms with E-state index in [0.717, 1.165) is 16.1 Å². The molecule has 0 unspecified atom stereocenters. The summed E-state index contributed by atoms with van der Waals surface area (Å²) in [6.07, 6.45) is 0. The van der Waals surface area contributed by atoms with Crippen LogP contribution in [0.4, 0.5) is 11.6 Å². The monoisotopic (exact) mass is 439 g/mol. The highest BCUT2D eigenvalue weighted by molar-refractivity contribution is 9.10. The number of sulfonamides is 1. The molecule has 9 heteroatoms. The number of nitrogens with zero attached hydrogens (tertiary/aromatic N) is 5. The van der Waals surface area contributed by atoms with Crippen LogP contribution in [-0.4, -0.2) is 63.0 Å². The SMILES string of the molecule is Cc1nc(N(C)C)cc(N2CCN(S(=O)(=O)c3ccc(Br)cc3)CC2)n1. The van der Waals surface area contributed by atoms with Gasteiger partial charge in [-0.1, -0.05) is 15.9 Å². The van der Waals surface area contributed by atoms with E-state index in [1.807, 2.05) is 32.0 Å². The van der Waals surface area contributed by atoms with Gasteiger partial charge in [-0.2, -0.15) is 4.31 Å². The van der Waals surface area contributed by atoms with Crippen molar-refractivity contribution in [3.05, 3.63) is 40.6 Å². The molecule has 0 radical (unpaired) electrons. The van der Waals surface area contributed by atoms with Gasteiger partial charge in [-0.25, -0.2) is 18.4 Å². The minimum absolute atomic E-state index is 0.321. The third-order valence-corrected chi connectivity index (χ3v) is 6.72. The summed E-state index contributed by atoms with van der Waals surface area (Å²) in [5, 5.41) is 0. The fourth-order valence-corrected chi connectivity index (χ4v) is 4.53. The maximum Gasteiger partial charge on any atom is 0.243 e. The van der Waals surface area contributed by atoms with E-state index in [2.05, 4.69) is 30.8 Å². The molecular weight excluding hydrogens is 418 g/mol. The fraction of sp³-hybridized carbons (Fsp3) is 0.412. The molecule has 1 aromatic heterocycles. The second-order valence-electron chi connectivity index (χ2n) is 6.37. The molecule has 2 aromatic rings. The van der Waals surface area contributed by atoms with Crippen molar-refractivity contribution < 1.29 is 8.42 Å². The van der Waals surface area contributed by atoms with E-state index in [-0.39, 0.29) is 0 Å². The van der Waals surface area contributed by atoms with Crippen LogP contribution < -0.4 is 9.80 Å². The summed E-state index contributed by atoms with van der Waals surface area (Å²) in [6, 6.07) is 8.68. The van der Waals surface area contributed by atoms with Crippen molar-refractivity contribution in [2.75, 3.05) is 50.1 Å². The number of halogens is 1. The van der Waals surface area contributed by atoms with E-state index in [1.165, 1.54) is 4.31 Å². The Kier molecular flexibility index (Phi) is 5.50. The highest BCUT2D eigenvalue weighted by Gasteiger charge is 2.29. The van der Waals surface area contributed by atoms with Crippen molar-refractivity contribution in [2.45, 2.75) is 11.8 Å². The summed E-state index contributed by atoms with van der Waals surface area (Å²) in [6.45, 7) is 3.92. The highest BCUT2D eigenvalue weighted by atomic mass is 79.9. The first-order chi connectivity index (χ1) is 12.3. The van der Waals surface area contributed by atoms with Gasteiger partial charge in [-0.3, -0.25) is 0 Å². The van der Waals surface area contributed by atoms with E-state index in [4.69, 9.17) is 0 Å². The summed E-state index contributed by atoms with van der Waals surface area (Å²) < 4.78 is 28.0. The van der Waals surface area contributed by atoms with Gasteiger partial charge in [-0.05, 0) is 31.2 Å². The lowest BCUT2D eigenvalue weighted by Crippen LogP contribution is -2.49. The molecule has 7 nitrogen and oxygen atoms in total. The standard InChI is InChI=1S/C17H22BrN5O2S/c1-13-19-16(21(2)3)12-17(20-13)22-8-10-23(11-9-22)26(24,25)15-6-4-14(18)5-7-15/h4-7,12H,8-11H2,1-3H3. The van der Waals surface area contributed by atoms with Crippen LogP contribution in [0.15, 0.2) is 39.7 Å². The van der Waals surface area contributed by atoms with Crippen molar-refractivity contribution in [1.82, 2.24) is 14.3 Å². The molecule has 1 aliphatic rings. The second-order valence-corrected chi connectivity index (χ2v) is 9.22. The van der Waals surface area contributed by atoms with Crippen molar-refractivity contribution in [3.8, 4) is 0 Å². The molecule has 0 saturated carbocycles. The summed E-state index contributed by atoms with van der Waals surface area (Å²) in [7, 11) is 0.408. The Balaban J connectivity index is 1.74. The number of benzene rings is 1. The topological polar surface area (TPSA) is 69.6 Å². The van der Waals surface area contributed by atoms with E-state index in [1.54, 1.807) is 24.3 Å². The van der Waals surface area contributed by atoms with Gasteiger partial charge in [-0.15, -0.1) is 0 Å². The summed E-state index contributed by atoms with van der Waals surface area (Å²) >= 11 is 3.33. The molecule has 0 amide bonds. The van der Waals surface area contributed by atoms with Gasteiger partial charge in [0.05, 0.1) is 4.90 Å². The molecule has 0 atom stereocenters. The predicted octanol–water partition coefficient (Wildman–Crippen LogP) is 2.12. The van der Waals surface area contributed by atoms with Gasteiger partial charge < -0.3 is 9.80 Å². The Hall–Kier alpha value is -1.71. The zero-order chi connectivity index (χ0) is 18.9. The van der Waals surface area contributed by atoms with Crippen molar-refractivity contribution >= 4 is 37.6 Å². The molecule has 1 fully saturated rings. The van der Waals surface area contributed by atoms with Gasteiger partial charge in [0, 0.05) is 50.8 Å². The van der Waals surface area contributed by atoms with E-state index < -0.39 is 10.0 Å². The Morgan fingerprint density at radius 2 is 1.65 bits per heavy atom. The van der Waals surface area contributed by atoms with E-state index >= 15 is 0 Å². The third kappa shape index (κ3) is 3.99.